The average Bonchev–Trinajstić information content (AvgIpc) is 3.39. The van der Waals surface area contributed by atoms with Crippen molar-refractivity contribution in [2.45, 2.75) is 31.6 Å². The number of nitrogens with zero attached hydrogens (tertiary/aromatic N) is 6. The maximum absolute atomic E-state index is 12.8. The van der Waals surface area contributed by atoms with Gasteiger partial charge in [-0.3, -0.25) is 9.48 Å². The molecule has 3 aromatic heterocycles. The van der Waals surface area contributed by atoms with Crippen LogP contribution in [0.1, 0.15) is 27.9 Å². The third kappa shape index (κ3) is 2.75. The number of thioether (sulfide) groups is 1. The highest BCUT2D eigenvalue weighted by Crippen LogP contribution is 2.31. The lowest BCUT2D eigenvalue weighted by Gasteiger charge is -2.27. The Morgan fingerprint density at radius 1 is 1.38 bits per heavy atom. The lowest BCUT2D eigenvalue weighted by molar-refractivity contribution is 0.0738. The Bertz CT molecular complexity index is 943. The third-order valence-electron chi connectivity index (χ3n) is 4.69. The second kappa shape index (κ2) is 6.88. The van der Waals surface area contributed by atoms with E-state index in [1.54, 1.807) is 11.8 Å². The molecule has 0 saturated heterocycles. The Morgan fingerprint density at radius 2 is 2.23 bits per heavy atom. The van der Waals surface area contributed by atoms with E-state index in [-0.39, 0.29) is 5.91 Å². The molecule has 9 heteroatoms. The van der Waals surface area contributed by atoms with Gasteiger partial charge >= 0.3 is 0 Å². The maximum atomic E-state index is 12.8. The van der Waals surface area contributed by atoms with Gasteiger partial charge in [-0.2, -0.15) is 5.10 Å². The Hall–Kier alpha value is -2.13. The molecule has 1 aliphatic rings. The number of hydrogen-bond acceptors (Lipinski definition) is 6. The van der Waals surface area contributed by atoms with Gasteiger partial charge in [0.1, 0.15) is 5.69 Å². The smallest absolute Gasteiger partial charge is 0.264 e. The summed E-state index contributed by atoms with van der Waals surface area (Å²) in [5.74, 6) is 0.862. The zero-order chi connectivity index (χ0) is 18.3. The normalized spacial score (nSPS) is 13.9. The number of aryl methyl sites for hydroxylation is 1. The first-order valence-electron chi connectivity index (χ1n) is 8.49. The molecule has 4 heterocycles. The van der Waals surface area contributed by atoms with Gasteiger partial charge in [-0.05, 0) is 24.6 Å². The summed E-state index contributed by atoms with van der Waals surface area (Å²) in [4.78, 5) is 15.5. The fraction of sp³-hybridized carbons (Fsp3) is 0.412. The summed E-state index contributed by atoms with van der Waals surface area (Å²) < 4.78 is 4.00. The van der Waals surface area contributed by atoms with Gasteiger partial charge in [-0.25, -0.2) is 0 Å². The lowest BCUT2D eigenvalue weighted by Crippen LogP contribution is -2.36. The van der Waals surface area contributed by atoms with Crippen molar-refractivity contribution in [3.8, 4) is 11.5 Å². The number of fused-ring (bicyclic) bond motifs is 1. The van der Waals surface area contributed by atoms with Crippen LogP contribution >= 0.6 is 23.1 Å². The second-order valence-electron chi connectivity index (χ2n) is 6.11. The van der Waals surface area contributed by atoms with Gasteiger partial charge < -0.3 is 9.47 Å². The summed E-state index contributed by atoms with van der Waals surface area (Å²) in [6, 6.07) is 3.79. The molecule has 0 bridgehead atoms. The standard InChI is InChI=1S/C17H20N6OS2/c1-4-23-15(18-19-17(23)25-3)14-11-10-22(8-7-12(11)21(2)20-14)16(24)13-6-5-9-26-13/h5-6,9H,4,7-8,10H2,1-3H3. The van der Waals surface area contributed by atoms with Crippen molar-refractivity contribution in [1.29, 1.82) is 0 Å². The zero-order valence-electron chi connectivity index (χ0n) is 15.0. The average molecular weight is 389 g/mol. The molecular formula is C17H20N6OS2. The van der Waals surface area contributed by atoms with Crippen LogP contribution in [-0.4, -0.2) is 48.2 Å². The van der Waals surface area contributed by atoms with E-state index < -0.39 is 0 Å². The topological polar surface area (TPSA) is 68.8 Å². The summed E-state index contributed by atoms with van der Waals surface area (Å²) in [5, 5.41) is 16.2. The quantitative estimate of drug-likeness (QED) is 0.643. The van der Waals surface area contributed by atoms with Crippen LogP contribution in [0.5, 0.6) is 0 Å². The molecule has 136 valence electrons. The molecule has 0 radical (unpaired) electrons. The van der Waals surface area contributed by atoms with Gasteiger partial charge in [0.25, 0.3) is 5.91 Å². The van der Waals surface area contributed by atoms with Crippen LogP contribution in [0.2, 0.25) is 0 Å². The van der Waals surface area contributed by atoms with E-state index in [4.69, 9.17) is 5.10 Å². The summed E-state index contributed by atoms with van der Waals surface area (Å²) in [5.41, 5.74) is 3.09. The van der Waals surface area contributed by atoms with Crippen LogP contribution in [0, 0.1) is 0 Å². The van der Waals surface area contributed by atoms with Gasteiger partial charge in [0.05, 0.1) is 11.4 Å². The minimum atomic E-state index is 0.0854. The highest BCUT2D eigenvalue weighted by Gasteiger charge is 2.30. The summed E-state index contributed by atoms with van der Waals surface area (Å²) >= 11 is 3.06. The number of rotatable bonds is 4. The van der Waals surface area contributed by atoms with E-state index in [1.807, 2.05) is 40.4 Å². The number of carbonyl (C=O) groups is 1. The number of hydrogen-bond donors (Lipinski definition) is 0. The van der Waals surface area contributed by atoms with E-state index in [1.165, 1.54) is 17.0 Å². The van der Waals surface area contributed by atoms with Crippen molar-refractivity contribution < 1.29 is 4.79 Å². The van der Waals surface area contributed by atoms with Crippen LogP contribution in [0.4, 0.5) is 0 Å². The highest BCUT2D eigenvalue weighted by molar-refractivity contribution is 7.98. The van der Waals surface area contributed by atoms with Crippen molar-refractivity contribution in [2.75, 3.05) is 12.8 Å². The van der Waals surface area contributed by atoms with Crippen molar-refractivity contribution >= 4 is 29.0 Å². The Balaban J connectivity index is 1.73. The van der Waals surface area contributed by atoms with Crippen molar-refractivity contribution in [3.63, 3.8) is 0 Å². The largest absolute Gasteiger partial charge is 0.333 e. The van der Waals surface area contributed by atoms with Crippen molar-refractivity contribution in [1.82, 2.24) is 29.4 Å². The van der Waals surface area contributed by atoms with Crippen LogP contribution in [0.25, 0.3) is 11.5 Å². The lowest BCUT2D eigenvalue weighted by atomic mass is 10.0. The van der Waals surface area contributed by atoms with E-state index in [0.29, 0.717) is 13.1 Å². The molecule has 0 saturated carbocycles. The predicted molar refractivity (Wildman–Crippen MR) is 102 cm³/mol. The third-order valence-corrected chi connectivity index (χ3v) is 6.21. The first-order valence-corrected chi connectivity index (χ1v) is 10.6. The molecule has 7 nitrogen and oxygen atoms in total. The molecule has 0 aliphatic carbocycles. The Kier molecular flexibility index (Phi) is 4.58. The van der Waals surface area contributed by atoms with Crippen LogP contribution in [0.3, 0.4) is 0 Å². The van der Waals surface area contributed by atoms with Gasteiger partial charge in [0.15, 0.2) is 11.0 Å². The number of aromatic nitrogens is 5. The van der Waals surface area contributed by atoms with Crippen molar-refractivity contribution in [2.24, 2.45) is 7.05 Å². The molecule has 1 amide bonds. The van der Waals surface area contributed by atoms with Crippen LogP contribution < -0.4 is 0 Å². The number of carbonyl (C=O) groups excluding carboxylic acids is 1. The molecule has 3 aromatic rings. The molecular weight excluding hydrogens is 368 g/mol. The van der Waals surface area contributed by atoms with E-state index >= 15 is 0 Å². The molecule has 4 rings (SSSR count). The molecule has 0 spiro atoms. The molecule has 0 atom stereocenters. The summed E-state index contributed by atoms with van der Waals surface area (Å²) in [6.07, 6.45) is 2.79. The molecule has 1 aliphatic heterocycles. The summed E-state index contributed by atoms with van der Waals surface area (Å²) in [7, 11) is 1.96. The van der Waals surface area contributed by atoms with E-state index in [9.17, 15) is 4.79 Å². The Morgan fingerprint density at radius 3 is 2.92 bits per heavy atom. The molecule has 26 heavy (non-hydrogen) atoms. The Labute approximate surface area is 160 Å². The highest BCUT2D eigenvalue weighted by atomic mass is 32.2. The minimum Gasteiger partial charge on any atom is -0.333 e. The minimum absolute atomic E-state index is 0.0854. The molecule has 0 fully saturated rings. The van der Waals surface area contributed by atoms with E-state index in [2.05, 4.69) is 21.7 Å². The van der Waals surface area contributed by atoms with Gasteiger partial charge in [0, 0.05) is 37.8 Å². The fourth-order valence-electron chi connectivity index (χ4n) is 3.40. The van der Waals surface area contributed by atoms with Crippen LogP contribution in [0.15, 0.2) is 22.7 Å². The zero-order valence-corrected chi connectivity index (χ0v) is 16.6. The second-order valence-corrected chi connectivity index (χ2v) is 7.83. The van der Waals surface area contributed by atoms with Gasteiger partial charge in [-0.15, -0.1) is 21.5 Å². The summed E-state index contributed by atoms with van der Waals surface area (Å²) in [6.45, 7) is 4.12. The van der Waals surface area contributed by atoms with Gasteiger partial charge in [0.2, 0.25) is 0 Å². The number of amides is 1. The maximum Gasteiger partial charge on any atom is 0.264 e. The SMILES string of the molecule is CCn1c(SC)nnc1-c1nn(C)c2c1CN(C(=O)c1cccs1)CC2. The molecule has 0 aromatic carbocycles. The van der Waals surface area contributed by atoms with E-state index in [0.717, 1.165) is 40.1 Å². The van der Waals surface area contributed by atoms with Crippen LogP contribution in [-0.2, 0) is 26.6 Å². The fourth-order valence-corrected chi connectivity index (χ4v) is 4.65. The molecule has 0 unspecified atom stereocenters. The molecule has 0 N–H and O–H groups in total. The van der Waals surface area contributed by atoms with Crippen molar-refractivity contribution in [3.05, 3.63) is 33.6 Å². The first kappa shape index (κ1) is 17.3. The first-order chi connectivity index (χ1) is 12.6. The monoisotopic (exact) mass is 388 g/mol. The number of thiophene rings is 1. The predicted octanol–water partition coefficient (Wildman–Crippen LogP) is 2.68. The van der Waals surface area contributed by atoms with Gasteiger partial charge in [-0.1, -0.05) is 17.8 Å².